The summed E-state index contributed by atoms with van der Waals surface area (Å²) in [5, 5.41) is 13.8. The summed E-state index contributed by atoms with van der Waals surface area (Å²) >= 11 is 1.04. The second-order valence-electron chi connectivity index (χ2n) is 9.92. The van der Waals surface area contributed by atoms with E-state index in [2.05, 4.69) is 17.2 Å². The highest BCUT2D eigenvalue weighted by Gasteiger charge is 2.71. The number of piperazine rings is 1. The van der Waals surface area contributed by atoms with Crippen LogP contribution in [-0.2, 0) is 20.4 Å². The minimum atomic E-state index is -6.10. The number of nitrogens with one attached hydrogen (secondary N) is 1. The van der Waals surface area contributed by atoms with Crippen LogP contribution in [0.3, 0.4) is 0 Å². The summed E-state index contributed by atoms with van der Waals surface area (Å²) in [5.74, 6) is 4.94. The van der Waals surface area contributed by atoms with Gasteiger partial charge in [0.15, 0.2) is 0 Å². The maximum Gasteiger partial charge on any atom is 0.430 e. The molecule has 0 spiro atoms. The van der Waals surface area contributed by atoms with Gasteiger partial charge in [-0.2, -0.15) is 30.6 Å². The van der Waals surface area contributed by atoms with Crippen molar-refractivity contribution in [1.29, 1.82) is 0 Å². The van der Waals surface area contributed by atoms with E-state index in [1.165, 1.54) is 10.4 Å². The number of sulfonamides is 1. The van der Waals surface area contributed by atoms with Crippen LogP contribution >= 0.6 is 11.3 Å². The number of alkyl carbamates (subject to hydrolysis) is 1. The van der Waals surface area contributed by atoms with Gasteiger partial charge in [-0.1, -0.05) is 24.0 Å². The average Bonchev–Trinajstić information content (AvgIpc) is 3.40. The predicted octanol–water partition coefficient (Wildman–Crippen LogP) is 4.45. The molecule has 1 amide bonds. The van der Waals surface area contributed by atoms with Crippen molar-refractivity contribution in [3.8, 4) is 11.8 Å². The van der Waals surface area contributed by atoms with Gasteiger partial charge >= 0.3 is 18.4 Å². The van der Waals surface area contributed by atoms with E-state index in [0.29, 0.717) is 12.1 Å². The Labute approximate surface area is 236 Å². The number of amides is 1. The van der Waals surface area contributed by atoms with E-state index in [1.54, 1.807) is 37.1 Å². The summed E-state index contributed by atoms with van der Waals surface area (Å²) in [5.41, 5.74) is -7.66. The highest BCUT2D eigenvalue weighted by Crippen LogP contribution is 2.50. The van der Waals surface area contributed by atoms with Crippen LogP contribution < -0.4 is 10.2 Å². The zero-order chi connectivity index (χ0) is 30.9. The third-order valence-electron chi connectivity index (χ3n) is 5.85. The lowest BCUT2D eigenvalue weighted by molar-refractivity contribution is -0.376. The molecule has 0 radical (unpaired) electrons. The van der Waals surface area contributed by atoms with E-state index >= 15 is 0 Å². The number of anilines is 1. The van der Waals surface area contributed by atoms with Gasteiger partial charge in [0.05, 0.1) is 12.2 Å². The molecule has 1 fully saturated rings. The maximum atomic E-state index is 13.5. The minimum Gasteiger partial charge on any atom is -0.444 e. The number of aliphatic hydroxyl groups is 1. The van der Waals surface area contributed by atoms with E-state index in [0.717, 1.165) is 17.4 Å². The van der Waals surface area contributed by atoms with Crippen molar-refractivity contribution in [2.75, 3.05) is 37.6 Å². The first-order chi connectivity index (χ1) is 18.8. The van der Waals surface area contributed by atoms with Crippen LogP contribution in [-0.4, -0.2) is 74.6 Å². The molecule has 41 heavy (non-hydrogen) atoms. The number of ether oxygens (including phenoxy) is 1. The van der Waals surface area contributed by atoms with Gasteiger partial charge in [0.2, 0.25) is 0 Å². The first kappa shape index (κ1) is 32.5. The number of hydrogen-bond acceptors (Lipinski definition) is 7. The number of rotatable bonds is 5. The molecule has 1 aliphatic rings. The fourth-order valence-corrected chi connectivity index (χ4v) is 6.47. The Morgan fingerprint density at radius 2 is 1.66 bits per heavy atom. The SMILES string of the molecule is CC(C)(C)OC(=O)NCC#Cc1cc(C(O)(C(F)(F)F)C(F)(F)F)ccc1N1CCN(S(=O)(=O)c2cccs2)CC1. The molecule has 2 N–H and O–H groups in total. The van der Waals surface area contributed by atoms with Crippen LogP contribution in [0, 0.1) is 11.8 Å². The third kappa shape index (κ3) is 7.26. The molecular weight excluding hydrogens is 600 g/mol. The molecule has 0 aliphatic carbocycles. The Kier molecular flexibility index (Phi) is 9.28. The summed E-state index contributed by atoms with van der Waals surface area (Å²) < 4.78 is 113. The van der Waals surface area contributed by atoms with E-state index in [4.69, 9.17) is 4.74 Å². The fourth-order valence-electron chi connectivity index (χ4n) is 3.90. The topological polar surface area (TPSA) is 99.2 Å². The van der Waals surface area contributed by atoms with Gasteiger partial charge in [-0.05, 0) is 44.4 Å². The maximum absolute atomic E-state index is 13.5. The Hall–Kier alpha value is -3.00. The monoisotopic (exact) mass is 627 g/mol. The fraction of sp³-hybridized carbons (Fsp3) is 0.480. The van der Waals surface area contributed by atoms with E-state index in [1.807, 2.05) is 0 Å². The summed E-state index contributed by atoms with van der Waals surface area (Å²) in [6, 6.07) is 5.00. The Balaban J connectivity index is 1.94. The van der Waals surface area contributed by atoms with Crippen molar-refractivity contribution in [1.82, 2.24) is 9.62 Å². The van der Waals surface area contributed by atoms with Crippen LogP contribution in [0.25, 0.3) is 0 Å². The largest absolute Gasteiger partial charge is 0.444 e. The molecule has 2 aromatic rings. The number of nitrogens with zero attached hydrogens (tertiary/aromatic N) is 2. The van der Waals surface area contributed by atoms with Crippen molar-refractivity contribution in [3.63, 3.8) is 0 Å². The van der Waals surface area contributed by atoms with Gasteiger partial charge in [0.25, 0.3) is 15.6 Å². The van der Waals surface area contributed by atoms with Crippen LogP contribution in [0.2, 0.25) is 0 Å². The Morgan fingerprint density at radius 1 is 1.05 bits per heavy atom. The van der Waals surface area contributed by atoms with Crippen molar-refractivity contribution in [3.05, 3.63) is 46.8 Å². The van der Waals surface area contributed by atoms with E-state index < -0.39 is 45.2 Å². The molecule has 0 atom stereocenters. The lowest BCUT2D eigenvalue weighted by atomic mass is 9.90. The van der Waals surface area contributed by atoms with Gasteiger partial charge in [-0.3, -0.25) is 0 Å². The standard InChI is InChI=1S/C25H27F6N3O5S2/c1-22(2,3)39-21(35)32-10-4-6-17-16-18(23(36,24(26,27)28)25(29,30)31)8-9-19(17)33-11-13-34(14-12-33)41(37,38)20-7-5-15-40-20/h5,7-9,15-16,36H,10-14H2,1-3H3,(H,32,35). The minimum absolute atomic E-state index is 0.00983. The molecule has 1 saturated heterocycles. The first-order valence-electron chi connectivity index (χ1n) is 12.0. The number of carbonyl (C=O) groups excluding carboxylic acids is 1. The number of halogens is 6. The van der Waals surface area contributed by atoms with Crippen LogP contribution in [0.5, 0.6) is 0 Å². The van der Waals surface area contributed by atoms with E-state index in [9.17, 15) is 44.7 Å². The number of alkyl halides is 6. The van der Waals surface area contributed by atoms with E-state index in [-0.39, 0.29) is 48.2 Å². The van der Waals surface area contributed by atoms with Crippen molar-refractivity contribution >= 4 is 33.1 Å². The zero-order valence-corrected chi connectivity index (χ0v) is 23.7. The Morgan fingerprint density at radius 3 is 2.17 bits per heavy atom. The van der Waals surface area contributed by atoms with Gasteiger partial charge in [-0.15, -0.1) is 11.3 Å². The second-order valence-corrected chi connectivity index (χ2v) is 13.0. The van der Waals surface area contributed by atoms with Gasteiger partial charge < -0.3 is 20.1 Å². The molecule has 226 valence electrons. The molecule has 8 nitrogen and oxygen atoms in total. The zero-order valence-electron chi connectivity index (χ0n) is 22.1. The molecule has 1 aromatic heterocycles. The van der Waals surface area contributed by atoms with Crippen molar-refractivity contribution < 1.29 is 49.4 Å². The summed E-state index contributed by atoms with van der Waals surface area (Å²) in [6.07, 6.45) is -13.0. The normalized spacial score (nSPS) is 15.7. The number of hydrogen-bond donors (Lipinski definition) is 2. The molecule has 1 aliphatic heterocycles. The van der Waals surface area contributed by atoms with Crippen molar-refractivity contribution in [2.45, 2.75) is 48.5 Å². The molecule has 16 heteroatoms. The van der Waals surface area contributed by atoms with Gasteiger partial charge in [0.1, 0.15) is 9.81 Å². The number of thiophene rings is 1. The molecule has 1 aromatic carbocycles. The number of carbonyl (C=O) groups is 1. The first-order valence-corrected chi connectivity index (χ1v) is 14.3. The van der Waals surface area contributed by atoms with Gasteiger partial charge in [0, 0.05) is 37.3 Å². The molecule has 3 rings (SSSR count). The van der Waals surface area contributed by atoms with Crippen LogP contribution in [0.15, 0.2) is 39.9 Å². The molecule has 0 saturated carbocycles. The summed E-state index contributed by atoms with van der Waals surface area (Å²) in [4.78, 5) is 13.4. The van der Waals surface area contributed by atoms with Crippen molar-refractivity contribution in [2.24, 2.45) is 0 Å². The van der Waals surface area contributed by atoms with Crippen LogP contribution in [0.1, 0.15) is 31.9 Å². The second kappa shape index (κ2) is 11.7. The average molecular weight is 628 g/mol. The number of benzene rings is 1. The molecule has 0 bridgehead atoms. The Bertz CT molecular complexity index is 1390. The quantitative estimate of drug-likeness (QED) is 0.376. The van der Waals surface area contributed by atoms with Gasteiger partial charge in [-0.25, -0.2) is 13.2 Å². The predicted molar refractivity (Wildman–Crippen MR) is 139 cm³/mol. The highest BCUT2D eigenvalue weighted by atomic mass is 32.2. The smallest absolute Gasteiger partial charge is 0.430 e. The van der Waals surface area contributed by atoms with Crippen LogP contribution in [0.4, 0.5) is 36.8 Å². The highest BCUT2D eigenvalue weighted by molar-refractivity contribution is 7.91. The molecule has 2 heterocycles. The third-order valence-corrected chi connectivity index (χ3v) is 9.12. The summed E-state index contributed by atoms with van der Waals surface area (Å²) in [7, 11) is -3.77. The lowest BCUT2D eigenvalue weighted by Gasteiger charge is -2.36. The summed E-state index contributed by atoms with van der Waals surface area (Å²) in [6.45, 7) is 4.58. The molecular formula is C25H27F6N3O5S2. The lowest BCUT2D eigenvalue weighted by Crippen LogP contribution is -2.54. The molecule has 0 unspecified atom stereocenters.